The van der Waals surface area contributed by atoms with Gasteiger partial charge in [0.2, 0.25) is 0 Å². The van der Waals surface area contributed by atoms with E-state index in [0.29, 0.717) is 5.56 Å². The van der Waals surface area contributed by atoms with Crippen LogP contribution in [0.25, 0.3) is 0 Å². The van der Waals surface area contributed by atoms with Crippen molar-refractivity contribution >= 4 is 11.9 Å². The summed E-state index contributed by atoms with van der Waals surface area (Å²) in [5.41, 5.74) is 4.69. The summed E-state index contributed by atoms with van der Waals surface area (Å²) in [6.07, 6.45) is 0. The smallest absolute Gasteiger partial charge is 0.322 e. The van der Waals surface area contributed by atoms with Crippen LogP contribution in [0.3, 0.4) is 0 Å². The first kappa shape index (κ1) is 10.6. The summed E-state index contributed by atoms with van der Waals surface area (Å²) in [7, 11) is 0. The number of halogens is 1. The van der Waals surface area contributed by atoms with E-state index in [9.17, 15) is 14.0 Å². The van der Waals surface area contributed by atoms with Crippen LogP contribution in [0.5, 0.6) is 0 Å². The Kier molecular flexibility index (Phi) is 2.35. The van der Waals surface area contributed by atoms with E-state index in [-0.39, 0.29) is 6.54 Å². The highest BCUT2D eigenvalue weighted by Crippen LogP contribution is 2.23. The van der Waals surface area contributed by atoms with Crippen molar-refractivity contribution in [3.05, 3.63) is 35.6 Å². The van der Waals surface area contributed by atoms with Crippen LogP contribution in [-0.4, -0.2) is 18.5 Å². The van der Waals surface area contributed by atoms with Gasteiger partial charge in [0.05, 0.1) is 0 Å². The summed E-state index contributed by atoms with van der Waals surface area (Å²) in [4.78, 5) is 22.8. The molecule has 0 spiro atoms. The zero-order chi connectivity index (χ0) is 11.8. The molecule has 5 nitrogen and oxygen atoms in total. The van der Waals surface area contributed by atoms with E-state index in [0.717, 1.165) is 0 Å². The molecule has 1 aliphatic heterocycles. The molecule has 1 saturated heterocycles. The molecular weight excluding hydrogens is 213 g/mol. The molecule has 0 aliphatic carbocycles. The maximum atomic E-state index is 12.8. The first-order valence-electron chi connectivity index (χ1n) is 4.68. The van der Waals surface area contributed by atoms with Crippen LogP contribution >= 0.6 is 0 Å². The Labute approximate surface area is 90.8 Å². The molecule has 0 bridgehead atoms. The number of imide groups is 1. The fourth-order valence-corrected chi connectivity index (χ4v) is 1.69. The van der Waals surface area contributed by atoms with Gasteiger partial charge in [-0.1, -0.05) is 12.1 Å². The van der Waals surface area contributed by atoms with Crippen molar-refractivity contribution in [1.82, 2.24) is 10.6 Å². The maximum Gasteiger partial charge on any atom is 0.322 e. The van der Waals surface area contributed by atoms with E-state index in [4.69, 9.17) is 5.73 Å². The summed E-state index contributed by atoms with van der Waals surface area (Å²) in [5.74, 6) is -0.938. The van der Waals surface area contributed by atoms with Crippen LogP contribution in [0.2, 0.25) is 0 Å². The molecule has 1 aromatic carbocycles. The van der Waals surface area contributed by atoms with Crippen LogP contribution in [0.15, 0.2) is 24.3 Å². The lowest BCUT2D eigenvalue weighted by Crippen LogP contribution is -2.49. The molecule has 1 heterocycles. The van der Waals surface area contributed by atoms with Gasteiger partial charge in [-0.25, -0.2) is 9.18 Å². The average Bonchev–Trinajstić information content (AvgIpc) is 2.55. The monoisotopic (exact) mass is 223 g/mol. The molecule has 0 radical (unpaired) electrons. The highest BCUT2D eigenvalue weighted by atomic mass is 19.1. The highest BCUT2D eigenvalue weighted by Gasteiger charge is 2.46. The Bertz CT molecular complexity index is 446. The quantitative estimate of drug-likeness (QED) is 0.608. The summed E-state index contributed by atoms with van der Waals surface area (Å²) >= 11 is 0. The second kappa shape index (κ2) is 3.57. The molecule has 0 aromatic heterocycles. The van der Waals surface area contributed by atoms with E-state index < -0.39 is 23.3 Å². The fourth-order valence-electron chi connectivity index (χ4n) is 1.69. The van der Waals surface area contributed by atoms with Crippen LogP contribution in [0.1, 0.15) is 5.56 Å². The van der Waals surface area contributed by atoms with Gasteiger partial charge >= 0.3 is 6.03 Å². The zero-order valence-electron chi connectivity index (χ0n) is 8.29. The molecule has 3 amide bonds. The third-order valence-electron chi connectivity index (χ3n) is 2.58. The summed E-state index contributed by atoms with van der Waals surface area (Å²) in [5, 5.41) is 4.56. The van der Waals surface area contributed by atoms with Crippen molar-refractivity contribution < 1.29 is 14.0 Å². The number of hydrogen-bond acceptors (Lipinski definition) is 3. The lowest BCUT2D eigenvalue weighted by molar-refractivity contribution is -0.123. The topological polar surface area (TPSA) is 84.2 Å². The Morgan fingerprint density at radius 2 is 1.88 bits per heavy atom. The normalized spacial score (nSPS) is 24.1. The van der Waals surface area contributed by atoms with Crippen LogP contribution in [0.4, 0.5) is 9.18 Å². The minimum Gasteiger partial charge on any atom is -0.327 e. The Morgan fingerprint density at radius 3 is 2.31 bits per heavy atom. The van der Waals surface area contributed by atoms with E-state index in [1.54, 1.807) is 0 Å². The molecule has 0 saturated carbocycles. The molecule has 1 aromatic rings. The van der Waals surface area contributed by atoms with Crippen LogP contribution in [-0.2, 0) is 10.3 Å². The van der Waals surface area contributed by atoms with Gasteiger partial charge in [-0.15, -0.1) is 0 Å². The van der Waals surface area contributed by atoms with Gasteiger partial charge in [0.25, 0.3) is 5.91 Å². The Morgan fingerprint density at radius 1 is 1.25 bits per heavy atom. The fraction of sp³-hybridized carbons (Fsp3) is 0.200. The molecule has 1 fully saturated rings. The molecule has 84 valence electrons. The number of rotatable bonds is 2. The van der Waals surface area contributed by atoms with Crippen molar-refractivity contribution in [2.75, 3.05) is 6.54 Å². The molecule has 16 heavy (non-hydrogen) atoms. The van der Waals surface area contributed by atoms with Gasteiger partial charge in [-0.3, -0.25) is 10.1 Å². The summed E-state index contributed by atoms with van der Waals surface area (Å²) in [6.45, 7) is -0.0871. The summed E-state index contributed by atoms with van der Waals surface area (Å²) < 4.78 is 12.8. The number of hydrogen-bond donors (Lipinski definition) is 3. The Balaban J connectivity index is 2.46. The Hall–Kier alpha value is -1.95. The number of carbonyl (C=O) groups excluding carboxylic acids is 2. The lowest BCUT2D eigenvalue weighted by atomic mass is 9.90. The van der Waals surface area contributed by atoms with Crippen molar-refractivity contribution in [3.8, 4) is 0 Å². The number of nitrogens with two attached hydrogens (primary N) is 1. The first-order chi connectivity index (χ1) is 7.58. The van der Waals surface area contributed by atoms with E-state index in [2.05, 4.69) is 10.6 Å². The first-order valence-corrected chi connectivity index (χ1v) is 4.68. The molecule has 2 rings (SSSR count). The molecular formula is C10H10FN3O2. The van der Waals surface area contributed by atoms with Gasteiger partial charge in [0.15, 0.2) is 5.54 Å². The maximum absolute atomic E-state index is 12.8. The molecule has 1 unspecified atom stereocenters. The van der Waals surface area contributed by atoms with Gasteiger partial charge in [0.1, 0.15) is 5.82 Å². The van der Waals surface area contributed by atoms with E-state index >= 15 is 0 Å². The zero-order valence-corrected chi connectivity index (χ0v) is 8.29. The van der Waals surface area contributed by atoms with Gasteiger partial charge in [0, 0.05) is 6.54 Å². The second-order valence-electron chi connectivity index (χ2n) is 3.52. The van der Waals surface area contributed by atoms with Crippen molar-refractivity contribution in [3.63, 3.8) is 0 Å². The SMILES string of the molecule is NCC1(c2ccc(F)cc2)NC(=O)NC1=O. The predicted molar refractivity (Wildman–Crippen MR) is 53.8 cm³/mol. The summed E-state index contributed by atoms with van der Waals surface area (Å²) in [6, 6.07) is 4.68. The largest absolute Gasteiger partial charge is 0.327 e. The number of benzene rings is 1. The minimum absolute atomic E-state index is 0.0871. The number of carbonyl (C=O) groups is 2. The average molecular weight is 223 g/mol. The minimum atomic E-state index is -1.29. The van der Waals surface area contributed by atoms with Crippen LogP contribution in [0, 0.1) is 5.82 Å². The molecule has 1 atom stereocenters. The molecule has 4 N–H and O–H groups in total. The standard InChI is InChI=1S/C10H10FN3O2/c11-7-3-1-6(2-4-7)10(5-12)8(15)13-9(16)14-10/h1-4H,5,12H2,(H2,13,14,15,16). The van der Waals surface area contributed by atoms with Gasteiger partial charge in [-0.05, 0) is 17.7 Å². The third kappa shape index (κ3) is 1.43. The third-order valence-corrected chi connectivity index (χ3v) is 2.58. The molecule has 6 heteroatoms. The van der Waals surface area contributed by atoms with E-state index in [1.807, 2.05) is 0 Å². The number of amides is 3. The van der Waals surface area contributed by atoms with Crippen LogP contribution < -0.4 is 16.4 Å². The number of urea groups is 1. The highest BCUT2D eigenvalue weighted by molar-refractivity contribution is 6.07. The lowest BCUT2D eigenvalue weighted by Gasteiger charge is -2.24. The van der Waals surface area contributed by atoms with Crippen molar-refractivity contribution in [1.29, 1.82) is 0 Å². The second-order valence-corrected chi connectivity index (χ2v) is 3.52. The van der Waals surface area contributed by atoms with Gasteiger partial charge in [-0.2, -0.15) is 0 Å². The van der Waals surface area contributed by atoms with Crippen molar-refractivity contribution in [2.45, 2.75) is 5.54 Å². The van der Waals surface area contributed by atoms with Gasteiger partial charge < -0.3 is 11.1 Å². The number of nitrogens with one attached hydrogen (secondary N) is 2. The van der Waals surface area contributed by atoms with Crippen molar-refractivity contribution in [2.24, 2.45) is 5.73 Å². The van der Waals surface area contributed by atoms with E-state index in [1.165, 1.54) is 24.3 Å². The molecule has 1 aliphatic rings. The predicted octanol–water partition coefficient (Wildman–Crippen LogP) is -0.181.